The minimum Gasteiger partial charge on any atom is -0.311 e. The predicted octanol–water partition coefficient (Wildman–Crippen LogP) is 4.44. The maximum atomic E-state index is 12.9. The third-order valence-corrected chi connectivity index (χ3v) is 4.94. The number of nitrogens with zero attached hydrogens (tertiary/aromatic N) is 4. The molecule has 150 valence electrons. The van der Waals surface area contributed by atoms with E-state index in [-0.39, 0.29) is 11.8 Å². The molecule has 0 radical (unpaired) electrons. The molecule has 0 spiro atoms. The van der Waals surface area contributed by atoms with Gasteiger partial charge in [-0.2, -0.15) is 5.10 Å². The van der Waals surface area contributed by atoms with Gasteiger partial charge < -0.3 is 5.32 Å². The van der Waals surface area contributed by atoms with Crippen molar-refractivity contribution in [1.29, 1.82) is 0 Å². The fraction of sp³-hybridized carbons (Fsp3) is 0.167. The number of nitrogens with one attached hydrogen (secondary N) is 1. The number of carbonyl (C=O) groups excluding carboxylic acids is 1. The summed E-state index contributed by atoms with van der Waals surface area (Å²) in [6.45, 7) is 3.89. The van der Waals surface area contributed by atoms with Gasteiger partial charge >= 0.3 is 0 Å². The first kappa shape index (κ1) is 19.5. The number of amides is 1. The van der Waals surface area contributed by atoms with E-state index >= 15 is 0 Å². The Kier molecular flexibility index (Phi) is 5.66. The Morgan fingerprint density at radius 2 is 1.57 bits per heavy atom. The number of aryl methyl sites for hydroxylation is 2. The molecular weight excluding hydrogens is 374 g/mol. The van der Waals surface area contributed by atoms with E-state index in [0.717, 1.165) is 22.5 Å². The first-order valence-corrected chi connectivity index (χ1v) is 9.85. The lowest BCUT2D eigenvalue weighted by Gasteiger charge is -2.18. The van der Waals surface area contributed by atoms with Gasteiger partial charge in [0.1, 0.15) is 12.1 Å². The predicted molar refractivity (Wildman–Crippen MR) is 117 cm³/mol. The van der Waals surface area contributed by atoms with Gasteiger partial charge in [-0.1, -0.05) is 60.7 Å². The molecule has 0 unspecified atom stereocenters. The minimum absolute atomic E-state index is 0.0373. The van der Waals surface area contributed by atoms with Crippen molar-refractivity contribution in [2.45, 2.75) is 26.2 Å². The zero-order chi connectivity index (χ0) is 20.9. The van der Waals surface area contributed by atoms with Gasteiger partial charge in [0, 0.05) is 24.1 Å². The van der Waals surface area contributed by atoms with Crippen LogP contribution in [0.25, 0.3) is 5.82 Å². The summed E-state index contributed by atoms with van der Waals surface area (Å²) in [6, 6.07) is 23.9. The lowest BCUT2D eigenvalue weighted by molar-refractivity contribution is -0.116. The largest absolute Gasteiger partial charge is 0.311 e. The quantitative estimate of drug-likeness (QED) is 0.522. The van der Waals surface area contributed by atoms with Crippen LogP contribution < -0.4 is 5.32 Å². The van der Waals surface area contributed by atoms with E-state index in [1.165, 1.54) is 6.33 Å². The summed E-state index contributed by atoms with van der Waals surface area (Å²) >= 11 is 0. The van der Waals surface area contributed by atoms with Crippen molar-refractivity contribution in [2.75, 3.05) is 5.32 Å². The van der Waals surface area contributed by atoms with Crippen LogP contribution in [0, 0.1) is 13.8 Å². The second-order valence-electron chi connectivity index (χ2n) is 7.23. The third kappa shape index (κ3) is 4.43. The summed E-state index contributed by atoms with van der Waals surface area (Å²) in [5.74, 6) is 0.932. The molecule has 4 aromatic rings. The van der Waals surface area contributed by atoms with Gasteiger partial charge in [-0.15, -0.1) is 0 Å². The molecule has 1 amide bonds. The molecule has 0 saturated carbocycles. The van der Waals surface area contributed by atoms with Crippen LogP contribution >= 0.6 is 0 Å². The van der Waals surface area contributed by atoms with Crippen molar-refractivity contribution in [3.8, 4) is 5.82 Å². The first-order chi connectivity index (χ1) is 14.6. The van der Waals surface area contributed by atoms with E-state index < -0.39 is 0 Å². The van der Waals surface area contributed by atoms with E-state index in [2.05, 4.69) is 44.6 Å². The van der Waals surface area contributed by atoms with Crippen LogP contribution in [-0.4, -0.2) is 25.7 Å². The summed E-state index contributed by atoms with van der Waals surface area (Å²) in [4.78, 5) is 21.4. The second-order valence-corrected chi connectivity index (χ2v) is 7.23. The highest BCUT2D eigenvalue weighted by Crippen LogP contribution is 2.28. The van der Waals surface area contributed by atoms with Gasteiger partial charge in [-0.05, 0) is 31.0 Å². The van der Waals surface area contributed by atoms with E-state index in [1.807, 2.05) is 56.3 Å². The summed E-state index contributed by atoms with van der Waals surface area (Å²) in [7, 11) is 0. The van der Waals surface area contributed by atoms with Crippen molar-refractivity contribution in [3.63, 3.8) is 0 Å². The average Bonchev–Trinajstić information content (AvgIpc) is 3.11. The highest BCUT2D eigenvalue weighted by molar-refractivity contribution is 5.90. The molecule has 0 aliphatic rings. The van der Waals surface area contributed by atoms with Crippen molar-refractivity contribution >= 4 is 11.7 Å². The molecule has 0 aliphatic heterocycles. The van der Waals surface area contributed by atoms with E-state index in [4.69, 9.17) is 0 Å². The number of aromatic nitrogens is 4. The molecule has 30 heavy (non-hydrogen) atoms. The van der Waals surface area contributed by atoms with Crippen LogP contribution in [0.4, 0.5) is 5.82 Å². The van der Waals surface area contributed by atoms with Crippen molar-refractivity contribution in [3.05, 3.63) is 102 Å². The molecule has 6 heteroatoms. The Hall–Kier alpha value is -3.80. The Labute approximate surface area is 175 Å². The summed E-state index contributed by atoms with van der Waals surface area (Å²) in [5.41, 5.74) is 4.08. The highest BCUT2D eigenvalue weighted by Gasteiger charge is 2.18. The SMILES string of the molecule is Cc1cc(C)n(-c2cc(NC(=O)CC(c3ccccc3)c3ccccc3)ncn2)n1. The van der Waals surface area contributed by atoms with Crippen molar-refractivity contribution in [2.24, 2.45) is 0 Å². The lowest BCUT2D eigenvalue weighted by Crippen LogP contribution is -2.17. The van der Waals surface area contributed by atoms with Gasteiger partial charge in [0.15, 0.2) is 5.82 Å². The second kappa shape index (κ2) is 8.69. The minimum atomic E-state index is -0.106. The fourth-order valence-electron chi connectivity index (χ4n) is 3.57. The van der Waals surface area contributed by atoms with E-state index in [9.17, 15) is 4.79 Å². The monoisotopic (exact) mass is 397 g/mol. The van der Waals surface area contributed by atoms with Crippen LogP contribution in [0.15, 0.2) is 79.1 Å². The number of anilines is 1. The van der Waals surface area contributed by atoms with Crippen LogP contribution in [0.2, 0.25) is 0 Å². The standard InChI is InChI=1S/C24H23N5O/c1-17-13-18(2)29(28-17)23-15-22(25-16-26-23)27-24(30)14-21(19-9-5-3-6-10-19)20-11-7-4-8-12-20/h3-13,15-16,21H,14H2,1-2H3,(H,25,26,27,30). The zero-order valence-electron chi connectivity index (χ0n) is 17.0. The maximum Gasteiger partial charge on any atom is 0.226 e. The molecule has 0 bridgehead atoms. The normalized spacial score (nSPS) is 10.9. The van der Waals surface area contributed by atoms with Crippen LogP contribution in [-0.2, 0) is 4.79 Å². The fourth-order valence-corrected chi connectivity index (χ4v) is 3.57. The van der Waals surface area contributed by atoms with E-state index in [0.29, 0.717) is 18.1 Å². The molecule has 1 N–H and O–H groups in total. The first-order valence-electron chi connectivity index (χ1n) is 9.85. The summed E-state index contributed by atoms with van der Waals surface area (Å²) in [5, 5.41) is 7.36. The summed E-state index contributed by atoms with van der Waals surface area (Å²) < 4.78 is 1.74. The molecular formula is C24H23N5O. The Morgan fingerprint density at radius 3 is 2.13 bits per heavy atom. The zero-order valence-corrected chi connectivity index (χ0v) is 17.0. The maximum absolute atomic E-state index is 12.9. The molecule has 4 rings (SSSR count). The highest BCUT2D eigenvalue weighted by atomic mass is 16.1. The molecule has 0 aliphatic carbocycles. The van der Waals surface area contributed by atoms with Gasteiger partial charge in [0.2, 0.25) is 5.91 Å². The number of hydrogen-bond acceptors (Lipinski definition) is 4. The molecule has 0 fully saturated rings. The Bertz CT molecular complexity index is 1100. The molecule has 6 nitrogen and oxygen atoms in total. The van der Waals surface area contributed by atoms with Crippen molar-refractivity contribution < 1.29 is 4.79 Å². The number of hydrogen-bond donors (Lipinski definition) is 1. The van der Waals surface area contributed by atoms with E-state index in [1.54, 1.807) is 10.7 Å². The molecule has 2 aromatic heterocycles. The molecule has 0 saturated heterocycles. The molecule has 2 aromatic carbocycles. The van der Waals surface area contributed by atoms with Crippen LogP contribution in [0.5, 0.6) is 0 Å². The molecule has 0 atom stereocenters. The van der Waals surface area contributed by atoms with Gasteiger partial charge in [-0.3, -0.25) is 4.79 Å². The van der Waals surface area contributed by atoms with Crippen LogP contribution in [0.3, 0.4) is 0 Å². The number of rotatable bonds is 6. The molecule has 2 heterocycles. The van der Waals surface area contributed by atoms with Crippen molar-refractivity contribution in [1.82, 2.24) is 19.7 Å². The Balaban J connectivity index is 1.54. The average molecular weight is 397 g/mol. The van der Waals surface area contributed by atoms with Gasteiger partial charge in [0.05, 0.1) is 5.69 Å². The smallest absolute Gasteiger partial charge is 0.226 e. The topological polar surface area (TPSA) is 72.7 Å². The van der Waals surface area contributed by atoms with Crippen LogP contribution in [0.1, 0.15) is 34.9 Å². The number of benzene rings is 2. The summed E-state index contributed by atoms with van der Waals surface area (Å²) in [6.07, 6.45) is 1.75. The lowest BCUT2D eigenvalue weighted by atomic mass is 9.88. The van der Waals surface area contributed by atoms with Gasteiger partial charge in [0.25, 0.3) is 0 Å². The number of carbonyl (C=O) groups is 1. The third-order valence-electron chi connectivity index (χ3n) is 4.94. The Morgan fingerprint density at radius 1 is 0.933 bits per heavy atom. The van der Waals surface area contributed by atoms with Gasteiger partial charge in [-0.25, -0.2) is 14.6 Å².